The van der Waals surface area contributed by atoms with E-state index in [4.69, 9.17) is 0 Å². The van der Waals surface area contributed by atoms with E-state index < -0.39 is 0 Å². The number of hydrogen-bond acceptors (Lipinski definition) is 0. The van der Waals surface area contributed by atoms with Crippen LogP contribution in [0.1, 0.15) is 12.0 Å². The van der Waals surface area contributed by atoms with E-state index in [-0.39, 0.29) is 0 Å². The van der Waals surface area contributed by atoms with Crippen LogP contribution in [-0.4, -0.2) is 7.28 Å². The van der Waals surface area contributed by atoms with Crippen molar-refractivity contribution in [3.63, 3.8) is 0 Å². The molecule has 1 aromatic rings. The van der Waals surface area contributed by atoms with E-state index in [2.05, 4.69) is 43.7 Å². The third kappa shape index (κ3) is 1.61. The van der Waals surface area contributed by atoms with E-state index in [0.29, 0.717) is 0 Å². The molecule has 0 unspecified atom stereocenters. The summed E-state index contributed by atoms with van der Waals surface area (Å²) in [5.41, 5.74) is 2.91. The first-order valence-corrected chi connectivity index (χ1v) is 4.53. The molecule has 0 bridgehead atoms. The van der Waals surface area contributed by atoms with Gasteiger partial charge in [-0.05, 0) is 12.8 Å². The monoisotopic (exact) mass is 155 g/mol. The van der Waals surface area contributed by atoms with E-state index in [1.165, 1.54) is 23.9 Å². The molecule has 0 saturated carbocycles. The van der Waals surface area contributed by atoms with Gasteiger partial charge in [0.15, 0.2) is 7.28 Å². The van der Waals surface area contributed by atoms with Crippen LogP contribution in [0.2, 0.25) is 6.32 Å². The van der Waals surface area contributed by atoms with Crippen molar-refractivity contribution < 1.29 is 0 Å². The van der Waals surface area contributed by atoms with Crippen molar-refractivity contribution in [2.75, 3.05) is 0 Å². The van der Waals surface area contributed by atoms with Gasteiger partial charge in [-0.1, -0.05) is 53.8 Å². The summed E-state index contributed by atoms with van der Waals surface area (Å²) in [5, 5.41) is 0. The van der Waals surface area contributed by atoms with Gasteiger partial charge in [-0.2, -0.15) is 0 Å². The molecule has 0 nitrogen and oxygen atoms in total. The zero-order chi connectivity index (χ0) is 8.23. The average Bonchev–Trinajstić information content (AvgIpc) is 2.06. The standard InChI is InChI=1S/C11H12B/c1-2-6-10-7-3-4-8-11(10)12-9-5-1/h1,3-5,7-8H,2,6,9H2/b5-1-. The Labute approximate surface area is 74.5 Å². The highest BCUT2D eigenvalue weighted by Crippen LogP contribution is 2.04. The number of rotatable bonds is 0. The molecule has 1 aromatic carbocycles. The smallest absolute Gasteiger partial charge is 0.0959 e. The molecule has 1 heterocycles. The normalized spacial score (nSPS) is 18.3. The molecule has 1 aliphatic rings. The van der Waals surface area contributed by atoms with E-state index in [0.717, 1.165) is 6.32 Å². The lowest BCUT2D eigenvalue weighted by Gasteiger charge is -2.08. The van der Waals surface area contributed by atoms with Gasteiger partial charge in [0.1, 0.15) is 0 Å². The second kappa shape index (κ2) is 3.62. The third-order valence-electron chi connectivity index (χ3n) is 2.28. The molecule has 0 N–H and O–H groups in total. The lowest BCUT2D eigenvalue weighted by molar-refractivity contribution is 1.00. The highest BCUT2D eigenvalue weighted by atomic mass is 14.0. The Balaban J connectivity index is 2.29. The number of fused-ring (bicyclic) bond motifs is 1. The molecular weight excluding hydrogens is 143 g/mol. The first-order chi connectivity index (χ1) is 5.97. The van der Waals surface area contributed by atoms with Crippen LogP contribution < -0.4 is 5.46 Å². The molecular formula is C11H12B. The quantitative estimate of drug-likeness (QED) is 0.396. The van der Waals surface area contributed by atoms with Gasteiger partial charge in [-0.3, -0.25) is 0 Å². The van der Waals surface area contributed by atoms with Crippen molar-refractivity contribution in [3.05, 3.63) is 42.0 Å². The van der Waals surface area contributed by atoms with Crippen molar-refractivity contribution >= 4 is 12.7 Å². The lowest BCUT2D eigenvalue weighted by Crippen LogP contribution is -2.19. The second-order valence-corrected chi connectivity index (χ2v) is 3.15. The van der Waals surface area contributed by atoms with Gasteiger partial charge in [0.05, 0.1) is 0 Å². The molecule has 0 amide bonds. The highest BCUT2D eigenvalue weighted by molar-refractivity contribution is 6.54. The van der Waals surface area contributed by atoms with Crippen LogP contribution in [0.15, 0.2) is 36.4 Å². The van der Waals surface area contributed by atoms with Crippen LogP contribution >= 0.6 is 0 Å². The molecule has 0 aliphatic carbocycles. The van der Waals surface area contributed by atoms with E-state index in [1.54, 1.807) is 0 Å². The fourth-order valence-corrected chi connectivity index (χ4v) is 1.61. The van der Waals surface area contributed by atoms with Crippen molar-refractivity contribution in [2.45, 2.75) is 19.2 Å². The molecule has 2 rings (SSSR count). The summed E-state index contributed by atoms with van der Waals surface area (Å²) in [6, 6.07) is 8.66. The van der Waals surface area contributed by atoms with E-state index >= 15 is 0 Å². The van der Waals surface area contributed by atoms with Gasteiger partial charge >= 0.3 is 0 Å². The molecule has 12 heavy (non-hydrogen) atoms. The zero-order valence-electron chi connectivity index (χ0n) is 7.16. The SMILES string of the molecule is [B]1C/C=C\CCc2ccccc21. The van der Waals surface area contributed by atoms with Crippen LogP contribution in [0.25, 0.3) is 0 Å². The Kier molecular flexibility index (Phi) is 2.31. The first kappa shape index (κ1) is 7.66. The Morgan fingerprint density at radius 1 is 1.08 bits per heavy atom. The molecule has 0 saturated heterocycles. The maximum Gasteiger partial charge on any atom is 0.156 e. The van der Waals surface area contributed by atoms with Crippen LogP contribution in [0.4, 0.5) is 0 Å². The van der Waals surface area contributed by atoms with Gasteiger partial charge in [-0.25, -0.2) is 0 Å². The predicted molar refractivity (Wildman–Crippen MR) is 54.1 cm³/mol. The molecule has 0 aromatic heterocycles. The van der Waals surface area contributed by atoms with Crippen LogP contribution in [0.3, 0.4) is 0 Å². The Bertz CT molecular complexity index is 260. The van der Waals surface area contributed by atoms with Gasteiger partial charge in [-0.15, -0.1) is 0 Å². The van der Waals surface area contributed by atoms with Crippen molar-refractivity contribution in [3.8, 4) is 0 Å². The average molecular weight is 155 g/mol. The zero-order valence-corrected chi connectivity index (χ0v) is 7.16. The molecule has 0 atom stereocenters. The summed E-state index contributed by atoms with van der Waals surface area (Å²) < 4.78 is 0. The molecule has 1 heteroatoms. The topological polar surface area (TPSA) is 0 Å². The van der Waals surface area contributed by atoms with Gasteiger partial charge in [0, 0.05) is 0 Å². The van der Waals surface area contributed by atoms with Crippen molar-refractivity contribution in [1.82, 2.24) is 0 Å². The summed E-state index contributed by atoms with van der Waals surface area (Å²) in [5.74, 6) is 0. The third-order valence-corrected chi connectivity index (χ3v) is 2.28. The van der Waals surface area contributed by atoms with E-state index in [1.807, 2.05) is 0 Å². The summed E-state index contributed by atoms with van der Waals surface area (Å²) in [6.45, 7) is 0. The van der Waals surface area contributed by atoms with Crippen molar-refractivity contribution in [2.24, 2.45) is 0 Å². The Morgan fingerprint density at radius 2 is 2.00 bits per heavy atom. The van der Waals surface area contributed by atoms with E-state index in [9.17, 15) is 0 Å². The summed E-state index contributed by atoms with van der Waals surface area (Å²) >= 11 is 0. The molecule has 1 radical (unpaired) electrons. The summed E-state index contributed by atoms with van der Waals surface area (Å²) in [4.78, 5) is 0. The number of aryl methyl sites for hydroxylation is 1. The van der Waals surface area contributed by atoms with Gasteiger partial charge in [0.25, 0.3) is 0 Å². The maximum atomic E-state index is 2.30. The van der Waals surface area contributed by atoms with Gasteiger partial charge in [0.2, 0.25) is 0 Å². The van der Waals surface area contributed by atoms with Crippen LogP contribution in [0.5, 0.6) is 0 Å². The molecule has 1 aliphatic heterocycles. The Hall–Kier alpha value is -0.975. The summed E-state index contributed by atoms with van der Waals surface area (Å²) in [7, 11) is 2.30. The Morgan fingerprint density at radius 3 is 3.00 bits per heavy atom. The minimum absolute atomic E-state index is 1.08. The molecule has 0 fully saturated rings. The summed E-state index contributed by atoms with van der Waals surface area (Å²) in [6.07, 6.45) is 7.97. The predicted octanol–water partition coefficient (Wildman–Crippen LogP) is 1.94. The van der Waals surface area contributed by atoms with Crippen LogP contribution in [-0.2, 0) is 6.42 Å². The fourth-order valence-electron chi connectivity index (χ4n) is 1.61. The second-order valence-electron chi connectivity index (χ2n) is 3.15. The van der Waals surface area contributed by atoms with Gasteiger partial charge < -0.3 is 0 Å². The minimum atomic E-state index is 1.08. The molecule has 0 spiro atoms. The number of hydrogen-bond donors (Lipinski definition) is 0. The maximum absolute atomic E-state index is 2.30. The molecule has 59 valence electrons. The lowest BCUT2D eigenvalue weighted by atomic mass is 9.64. The first-order valence-electron chi connectivity index (χ1n) is 4.53. The fraction of sp³-hybridized carbons (Fsp3) is 0.273. The van der Waals surface area contributed by atoms with Crippen molar-refractivity contribution in [1.29, 1.82) is 0 Å². The minimum Gasteiger partial charge on any atom is -0.0959 e. The largest absolute Gasteiger partial charge is 0.156 e. The number of benzene rings is 1. The number of allylic oxidation sites excluding steroid dienone is 2. The van der Waals surface area contributed by atoms with Crippen LogP contribution in [0, 0.1) is 0 Å². The highest BCUT2D eigenvalue weighted by Gasteiger charge is 2.02.